The number of pyridine rings is 2. The van der Waals surface area contributed by atoms with Crippen LogP contribution in [0.3, 0.4) is 0 Å². The number of phenolic OH excluding ortho intramolecular Hbond substituents is 2. The number of benzene rings is 2. The lowest BCUT2D eigenvalue weighted by Gasteiger charge is -2.10. The Labute approximate surface area is 199 Å². The lowest BCUT2D eigenvalue weighted by molar-refractivity contribution is -0.596. The van der Waals surface area contributed by atoms with Gasteiger partial charge in [0.25, 0.3) is 0 Å². The van der Waals surface area contributed by atoms with Crippen LogP contribution >= 0.6 is 0 Å². The lowest BCUT2D eigenvalue weighted by Crippen LogP contribution is -3.00. The fraction of sp³-hybridized carbons (Fsp3) is 0.0800. The van der Waals surface area contributed by atoms with E-state index in [1.54, 1.807) is 24.3 Å². The van der Waals surface area contributed by atoms with E-state index in [9.17, 15) is 9.90 Å². The highest BCUT2D eigenvalue weighted by molar-refractivity contribution is 5.61. The van der Waals surface area contributed by atoms with E-state index in [2.05, 4.69) is 0 Å². The molecule has 0 aliphatic heterocycles. The van der Waals surface area contributed by atoms with Crippen LogP contribution in [0.1, 0.15) is 0 Å². The molecule has 4 rings (SSSR count). The smallest absolute Gasteiger partial charge is 0.210 e. The van der Waals surface area contributed by atoms with Gasteiger partial charge in [0.05, 0.1) is 0 Å². The number of aromatic hydroxyl groups is 2. The van der Waals surface area contributed by atoms with Gasteiger partial charge in [-0.15, -0.1) is 0 Å². The summed E-state index contributed by atoms with van der Waals surface area (Å²) in [5.74, 6) is 0.584. The second kappa shape index (κ2) is 14.1. The highest BCUT2D eigenvalue weighted by Crippen LogP contribution is 2.09. The number of carbonyl (C=O) groups is 1. The SMILES string of the molecule is CN(C)C(=O)[O-].Oc1ccc(-[n+]2ccccc2)cc1.Oc1ccc(-[n+]2ccccc2)cc1.[Cl-]. The summed E-state index contributed by atoms with van der Waals surface area (Å²) in [6.45, 7) is 0. The van der Waals surface area contributed by atoms with Crippen molar-refractivity contribution in [2.24, 2.45) is 0 Å². The van der Waals surface area contributed by atoms with Crippen molar-refractivity contribution in [3.05, 3.63) is 110 Å². The number of phenols is 2. The molecule has 2 heterocycles. The first-order chi connectivity index (χ1) is 15.4. The third kappa shape index (κ3) is 9.71. The Morgan fingerprint density at radius 3 is 1.18 bits per heavy atom. The van der Waals surface area contributed by atoms with Crippen LogP contribution in [0.4, 0.5) is 4.79 Å². The number of halogens is 1. The van der Waals surface area contributed by atoms with Crippen molar-refractivity contribution in [1.29, 1.82) is 0 Å². The average Bonchev–Trinajstić information content (AvgIpc) is 2.82. The zero-order chi connectivity index (χ0) is 23.3. The van der Waals surface area contributed by atoms with E-state index in [0.29, 0.717) is 11.5 Å². The summed E-state index contributed by atoms with van der Waals surface area (Å²) in [5.41, 5.74) is 2.08. The first-order valence-electron chi connectivity index (χ1n) is 9.76. The molecule has 0 aliphatic rings. The van der Waals surface area contributed by atoms with Crippen LogP contribution in [-0.2, 0) is 0 Å². The molecule has 33 heavy (non-hydrogen) atoms. The maximum absolute atomic E-state index is 9.51. The zero-order valence-corrected chi connectivity index (χ0v) is 19.1. The Kier molecular flexibility index (Phi) is 11.5. The first-order valence-corrected chi connectivity index (χ1v) is 9.76. The van der Waals surface area contributed by atoms with Crippen LogP contribution in [0.15, 0.2) is 110 Å². The molecule has 0 saturated heterocycles. The van der Waals surface area contributed by atoms with E-state index >= 15 is 0 Å². The maximum atomic E-state index is 9.51. The van der Waals surface area contributed by atoms with Crippen molar-refractivity contribution in [1.82, 2.24) is 4.90 Å². The molecule has 0 atom stereocenters. The quantitative estimate of drug-likeness (QED) is 0.379. The van der Waals surface area contributed by atoms with Gasteiger partial charge in [0.2, 0.25) is 11.4 Å². The van der Waals surface area contributed by atoms with Gasteiger partial charge in [-0.25, -0.2) is 0 Å². The highest BCUT2D eigenvalue weighted by atomic mass is 35.5. The van der Waals surface area contributed by atoms with Crippen LogP contribution in [-0.4, -0.2) is 35.3 Å². The molecule has 2 aromatic carbocycles. The molecule has 0 unspecified atom stereocenters. The second-order valence-corrected chi connectivity index (χ2v) is 6.76. The molecule has 0 saturated carbocycles. The summed E-state index contributed by atoms with van der Waals surface area (Å²) in [6.07, 6.45) is 6.70. The summed E-state index contributed by atoms with van der Waals surface area (Å²) in [6, 6.07) is 26.0. The molecule has 7 nitrogen and oxygen atoms in total. The number of hydrogen-bond acceptors (Lipinski definition) is 4. The molecular weight excluding hydrogens is 442 g/mol. The van der Waals surface area contributed by atoms with Gasteiger partial charge in [-0.3, -0.25) is 0 Å². The maximum Gasteiger partial charge on any atom is 0.210 e. The summed E-state index contributed by atoms with van der Waals surface area (Å²) >= 11 is 0. The Balaban J connectivity index is 0.000000262. The molecule has 8 heteroatoms. The minimum Gasteiger partial charge on any atom is -1.00 e. The van der Waals surface area contributed by atoms with Crippen LogP contribution in [0, 0.1) is 0 Å². The van der Waals surface area contributed by atoms with Crippen molar-refractivity contribution >= 4 is 6.09 Å². The van der Waals surface area contributed by atoms with Crippen LogP contribution < -0.4 is 26.6 Å². The lowest BCUT2D eigenvalue weighted by atomic mass is 10.3. The van der Waals surface area contributed by atoms with E-state index < -0.39 is 6.09 Å². The minimum absolute atomic E-state index is 0. The molecule has 0 radical (unpaired) electrons. The molecule has 172 valence electrons. The van der Waals surface area contributed by atoms with Crippen molar-refractivity contribution in [2.75, 3.05) is 14.1 Å². The van der Waals surface area contributed by atoms with Gasteiger partial charge in [0, 0.05) is 62.6 Å². The van der Waals surface area contributed by atoms with Gasteiger partial charge in [-0.05, 0) is 24.3 Å². The predicted octanol–water partition coefficient (Wildman–Crippen LogP) is -0.767. The summed E-state index contributed by atoms with van der Waals surface area (Å²) in [4.78, 5) is 10.5. The van der Waals surface area contributed by atoms with Crippen molar-refractivity contribution in [3.63, 3.8) is 0 Å². The average molecular weight is 468 g/mol. The minimum atomic E-state index is -1.16. The molecule has 2 aromatic heterocycles. The number of aromatic nitrogens is 2. The van der Waals surface area contributed by atoms with Gasteiger partial charge >= 0.3 is 0 Å². The molecule has 2 N–H and O–H groups in total. The number of amides is 1. The topological polar surface area (TPSA) is 91.6 Å². The van der Waals surface area contributed by atoms with Crippen LogP contribution in [0.2, 0.25) is 0 Å². The molecule has 0 fully saturated rings. The molecule has 0 aliphatic carbocycles. The molecule has 4 aromatic rings. The second-order valence-electron chi connectivity index (χ2n) is 6.76. The number of carbonyl (C=O) groups excluding carboxylic acids is 1. The summed E-state index contributed by atoms with van der Waals surface area (Å²) in [7, 11) is 2.82. The number of nitrogens with zero attached hydrogens (tertiary/aromatic N) is 3. The fourth-order valence-corrected chi connectivity index (χ4v) is 2.39. The first kappa shape index (κ1) is 26.9. The van der Waals surface area contributed by atoms with Gasteiger partial charge in [0.15, 0.2) is 24.8 Å². The van der Waals surface area contributed by atoms with Gasteiger partial charge < -0.3 is 37.4 Å². The largest absolute Gasteiger partial charge is 1.00 e. The standard InChI is InChI=1S/2C11H9NO.C3H7NO2.ClH/c2*13-11-6-4-10(5-7-11)12-8-2-1-3-9-12;1-4(2)3(5)6;/h2*1-9H;1-2H3,(H,5,6);1H. The van der Waals surface area contributed by atoms with E-state index in [1.807, 2.05) is 94.6 Å². The summed E-state index contributed by atoms with van der Waals surface area (Å²) < 4.78 is 3.97. The Bertz CT molecular complexity index is 995. The number of hydrogen-bond donors (Lipinski definition) is 2. The van der Waals surface area contributed by atoms with E-state index in [1.165, 1.54) is 14.1 Å². The number of carboxylic acid groups (broad SMARTS) is 1. The molecular formula is C25H26ClN3O4. The van der Waals surface area contributed by atoms with E-state index in [4.69, 9.17) is 10.2 Å². The van der Waals surface area contributed by atoms with Gasteiger partial charge in [0.1, 0.15) is 17.6 Å². The normalized spacial score (nSPS) is 9.15. The van der Waals surface area contributed by atoms with Crippen LogP contribution in [0.25, 0.3) is 11.4 Å². The van der Waals surface area contributed by atoms with E-state index in [0.717, 1.165) is 16.3 Å². The molecule has 0 spiro atoms. The monoisotopic (exact) mass is 467 g/mol. The third-order valence-corrected chi connectivity index (χ3v) is 4.09. The van der Waals surface area contributed by atoms with Crippen molar-refractivity contribution in [2.45, 2.75) is 0 Å². The third-order valence-electron chi connectivity index (χ3n) is 4.09. The molecule has 1 amide bonds. The Morgan fingerprint density at radius 2 is 0.939 bits per heavy atom. The van der Waals surface area contributed by atoms with Gasteiger partial charge in [-0.2, -0.15) is 9.13 Å². The fourth-order valence-electron chi connectivity index (χ4n) is 2.39. The van der Waals surface area contributed by atoms with E-state index in [-0.39, 0.29) is 12.4 Å². The summed E-state index contributed by atoms with van der Waals surface area (Å²) in [5, 5.41) is 27.7. The highest BCUT2D eigenvalue weighted by Gasteiger charge is 2.03. The van der Waals surface area contributed by atoms with Crippen LogP contribution in [0.5, 0.6) is 11.5 Å². The van der Waals surface area contributed by atoms with Crippen molar-refractivity contribution < 1.29 is 41.7 Å². The Hall–Kier alpha value is -4.10. The van der Waals surface area contributed by atoms with Gasteiger partial charge in [-0.1, -0.05) is 12.1 Å². The predicted molar refractivity (Wildman–Crippen MR) is 118 cm³/mol. The number of rotatable bonds is 2. The zero-order valence-electron chi connectivity index (χ0n) is 18.3. The van der Waals surface area contributed by atoms with Crippen molar-refractivity contribution in [3.8, 4) is 22.9 Å². The Morgan fingerprint density at radius 1 is 0.667 bits per heavy atom. The molecule has 0 bridgehead atoms.